The number of nitrogens with zero attached hydrogens (tertiary/aromatic N) is 1. The van der Waals surface area contributed by atoms with E-state index in [0.717, 1.165) is 12.6 Å². The molecule has 0 heterocycles. The van der Waals surface area contributed by atoms with Gasteiger partial charge in [0.1, 0.15) is 0 Å². The number of hydrogen-bond acceptors (Lipinski definition) is 3. The van der Waals surface area contributed by atoms with Crippen molar-refractivity contribution < 1.29 is 17.8 Å². The first kappa shape index (κ1) is 19.1. The summed E-state index contributed by atoms with van der Waals surface area (Å²) in [6.45, 7) is 11.6. The van der Waals surface area contributed by atoms with Gasteiger partial charge in [-0.1, -0.05) is 20.8 Å². The zero-order valence-corrected chi connectivity index (χ0v) is 14.8. The molecule has 19 heavy (non-hydrogen) atoms. The van der Waals surface area contributed by atoms with Crippen molar-refractivity contribution in [1.29, 1.82) is 0 Å². The van der Waals surface area contributed by atoms with Crippen molar-refractivity contribution in [3.05, 3.63) is 0 Å². The van der Waals surface area contributed by atoms with Crippen LogP contribution in [0.5, 0.6) is 0 Å². The molecule has 0 saturated carbocycles. The first-order valence-corrected chi connectivity index (χ1v) is 9.51. The molecule has 0 bridgehead atoms. The summed E-state index contributed by atoms with van der Waals surface area (Å²) in [6.07, 6.45) is 3.67. The summed E-state index contributed by atoms with van der Waals surface area (Å²) in [7, 11) is 2.68. The standard InChI is InChI=1S/C14H34NO3Si/c1-7-10-15(11-8-2,12-9-3)13-14-19(16-4,17-5)18-6/h7-14H2,1-6H3/q+1. The Morgan fingerprint density at radius 1 is 0.684 bits per heavy atom. The molecule has 0 aliphatic rings. The van der Waals surface area contributed by atoms with Crippen LogP contribution in [-0.4, -0.2) is 60.8 Å². The first-order valence-electron chi connectivity index (χ1n) is 7.58. The van der Waals surface area contributed by atoms with Gasteiger partial charge in [-0.15, -0.1) is 0 Å². The molecule has 4 nitrogen and oxygen atoms in total. The predicted octanol–water partition coefficient (Wildman–Crippen LogP) is 2.91. The highest BCUT2D eigenvalue weighted by molar-refractivity contribution is 6.60. The SMILES string of the molecule is CCC[N+](CCC)(CCC)CC[Si](OC)(OC)OC. The molecule has 0 aliphatic carbocycles. The Morgan fingerprint density at radius 2 is 1.05 bits per heavy atom. The summed E-state index contributed by atoms with van der Waals surface area (Å²) in [5, 5.41) is 0. The molecule has 0 fully saturated rings. The maximum absolute atomic E-state index is 5.55. The third-order valence-corrected chi connectivity index (χ3v) is 6.62. The van der Waals surface area contributed by atoms with Crippen LogP contribution < -0.4 is 0 Å². The second-order valence-corrected chi connectivity index (χ2v) is 8.37. The second-order valence-electron chi connectivity index (χ2n) is 5.28. The molecule has 116 valence electrons. The number of hydrogen-bond donors (Lipinski definition) is 0. The number of quaternary nitrogens is 1. The van der Waals surface area contributed by atoms with E-state index in [4.69, 9.17) is 13.3 Å². The monoisotopic (exact) mass is 292 g/mol. The minimum atomic E-state index is -2.43. The third kappa shape index (κ3) is 5.91. The van der Waals surface area contributed by atoms with Gasteiger partial charge >= 0.3 is 8.80 Å². The van der Waals surface area contributed by atoms with Gasteiger partial charge in [0.15, 0.2) is 0 Å². The summed E-state index contributed by atoms with van der Waals surface area (Å²) in [4.78, 5) is 0. The van der Waals surface area contributed by atoms with Crippen molar-refractivity contribution in [2.45, 2.75) is 46.1 Å². The van der Waals surface area contributed by atoms with E-state index in [0.29, 0.717) is 0 Å². The van der Waals surface area contributed by atoms with E-state index in [9.17, 15) is 0 Å². The molecule has 0 unspecified atom stereocenters. The van der Waals surface area contributed by atoms with Crippen LogP contribution in [0.15, 0.2) is 0 Å². The lowest BCUT2D eigenvalue weighted by Gasteiger charge is -2.40. The summed E-state index contributed by atoms with van der Waals surface area (Å²) in [5.41, 5.74) is 0. The molecule has 0 spiro atoms. The van der Waals surface area contributed by atoms with Gasteiger partial charge in [0.2, 0.25) is 0 Å². The predicted molar refractivity (Wildman–Crippen MR) is 82.2 cm³/mol. The van der Waals surface area contributed by atoms with Crippen molar-refractivity contribution in [1.82, 2.24) is 0 Å². The van der Waals surface area contributed by atoms with Crippen LogP contribution in [-0.2, 0) is 13.3 Å². The van der Waals surface area contributed by atoms with Crippen LogP contribution in [0.25, 0.3) is 0 Å². The Bertz CT molecular complexity index is 197. The Kier molecular flexibility index (Phi) is 9.91. The Hall–Kier alpha value is 0.0569. The molecule has 0 amide bonds. The smallest absolute Gasteiger partial charge is 0.377 e. The lowest BCUT2D eigenvalue weighted by Crippen LogP contribution is -2.54. The molecule has 0 aromatic carbocycles. The molecule has 5 heteroatoms. The van der Waals surface area contributed by atoms with Crippen molar-refractivity contribution in [2.24, 2.45) is 0 Å². The fourth-order valence-corrected chi connectivity index (χ4v) is 4.88. The summed E-state index contributed by atoms with van der Waals surface area (Å²) >= 11 is 0. The van der Waals surface area contributed by atoms with Crippen LogP contribution in [0.3, 0.4) is 0 Å². The molecule has 0 saturated heterocycles. The highest BCUT2D eigenvalue weighted by atomic mass is 28.4. The van der Waals surface area contributed by atoms with Crippen LogP contribution in [0.4, 0.5) is 0 Å². The summed E-state index contributed by atoms with van der Waals surface area (Å²) < 4.78 is 17.8. The van der Waals surface area contributed by atoms with E-state index >= 15 is 0 Å². The van der Waals surface area contributed by atoms with Crippen molar-refractivity contribution in [3.8, 4) is 0 Å². The lowest BCUT2D eigenvalue weighted by molar-refractivity contribution is -0.926. The minimum Gasteiger partial charge on any atom is -0.377 e. The van der Waals surface area contributed by atoms with Crippen molar-refractivity contribution in [3.63, 3.8) is 0 Å². The van der Waals surface area contributed by atoms with Gasteiger partial charge in [-0.05, 0) is 19.3 Å². The van der Waals surface area contributed by atoms with E-state index in [1.54, 1.807) is 21.3 Å². The van der Waals surface area contributed by atoms with Gasteiger partial charge in [0.25, 0.3) is 0 Å². The van der Waals surface area contributed by atoms with E-state index in [1.165, 1.54) is 43.4 Å². The summed E-state index contributed by atoms with van der Waals surface area (Å²) in [5.74, 6) is 0. The van der Waals surface area contributed by atoms with Gasteiger partial charge in [-0.25, -0.2) is 0 Å². The minimum absolute atomic E-state index is 0.899. The van der Waals surface area contributed by atoms with Crippen LogP contribution in [0.2, 0.25) is 6.04 Å². The third-order valence-electron chi connectivity index (χ3n) is 3.92. The maximum Gasteiger partial charge on any atom is 0.505 e. The number of rotatable bonds is 12. The van der Waals surface area contributed by atoms with E-state index in [-0.39, 0.29) is 0 Å². The van der Waals surface area contributed by atoms with Gasteiger partial charge < -0.3 is 17.8 Å². The zero-order valence-electron chi connectivity index (χ0n) is 13.8. The molecule has 0 N–H and O–H groups in total. The Morgan fingerprint density at radius 3 is 1.32 bits per heavy atom. The zero-order chi connectivity index (χ0) is 14.8. The topological polar surface area (TPSA) is 27.7 Å². The molecule has 0 aliphatic heterocycles. The van der Waals surface area contributed by atoms with Gasteiger partial charge in [0.05, 0.1) is 32.2 Å². The molecule has 0 radical (unpaired) electrons. The summed E-state index contributed by atoms with van der Waals surface area (Å²) in [6, 6.07) is 0.899. The molecule has 0 atom stereocenters. The molecular formula is C14H34NO3Si+. The van der Waals surface area contributed by atoms with E-state index in [2.05, 4.69) is 20.8 Å². The highest BCUT2D eigenvalue weighted by Gasteiger charge is 2.41. The van der Waals surface area contributed by atoms with Gasteiger partial charge in [0, 0.05) is 21.3 Å². The van der Waals surface area contributed by atoms with Crippen LogP contribution >= 0.6 is 0 Å². The average Bonchev–Trinajstić information content (AvgIpc) is 2.42. The second kappa shape index (κ2) is 9.88. The normalized spacial score (nSPS) is 12.9. The lowest BCUT2D eigenvalue weighted by atomic mass is 10.2. The fourth-order valence-electron chi connectivity index (χ4n) is 3.02. The average molecular weight is 293 g/mol. The van der Waals surface area contributed by atoms with Gasteiger partial charge in [-0.3, -0.25) is 0 Å². The molecular weight excluding hydrogens is 258 g/mol. The quantitative estimate of drug-likeness (QED) is 0.409. The van der Waals surface area contributed by atoms with Gasteiger partial charge in [-0.2, -0.15) is 0 Å². The maximum atomic E-state index is 5.55. The molecule has 0 aromatic heterocycles. The molecule has 0 rings (SSSR count). The van der Waals surface area contributed by atoms with Crippen molar-refractivity contribution >= 4 is 8.80 Å². The fraction of sp³-hybridized carbons (Fsp3) is 1.00. The highest BCUT2D eigenvalue weighted by Crippen LogP contribution is 2.19. The molecule has 0 aromatic rings. The first-order chi connectivity index (χ1) is 9.07. The van der Waals surface area contributed by atoms with Crippen LogP contribution in [0, 0.1) is 0 Å². The van der Waals surface area contributed by atoms with E-state index in [1.807, 2.05) is 0 Å². The largest absolute Gasteiger partial charge is 0.505 e. The Balaban J connectivity index is 4.78. The van der Waals surface area contributed by atoms with Crippen LogP contribution in [0.1, 0.15) is 40.0 Å². The van der Waals surface area contributed by atoms with E-state index < -0.39 is 8.80 Å². The Labute approximate surface area is 121 Å². The van der Waals surface area contributed by atoms with Crippen molar-refractivity contribution in [2.75, 3.05) is 47.5 Å².